The number of nitrogens with zero attached hydrogens (tertiary/aromatic N) is 1. The number of nitrogens with one attached hydrogen (secondary N) is 2. The third-order valence-corrected chi connectivity index (χ3v) is 7.58. The monoisotopic (exact) mass is 459 g/mol. The van der Waals surface area contributed by atoms with Crippen LogP contribution in [0.5, 0.6) is 0 Å². The van der Waals surface area contributed by atoms with Crippen molar-refractivity contribution in [1.29, 1.82) is 0 Å². The predicted molar refractivity (Wildman–Crippen MR) is 121 cm³/mol. The Bertz CT molecular complexity index is 769. The van der Waals surface area contributed by atoms with Crippen molar-refractivity contribution in [3.05, 3.63) is 30.1 Å². The summed E-state index contributed by atoms with van der Waals surface area (Å²) in [6, 6.07) is 4.25. The van der Waals surface area contributed by atoms with Gasteiger partial charge >= 0.3 is 0 Å². The molecule has 1 heterocycles. The highest BCUT2D eigenvalue weighted by Gasteiger charge is 2.27. The van der Waals surface area contributed by atoms with Gasteiger partial charge in [-0.25, -0.2) is 12.8 Å². The molecule has 1 amide bonds. The molecule has 0 spiro atoms. The van der Waals surface area contributed by atoms with Crippen molar-refractivity contribution >= 4 is 27.7 Å². The fraction of sp³-hybridized carbons (Fsp3) is 0.667. The fourth-order valence-corrected chi connectivity index (χ4v) is 5.25. The van der Waals surface area contributed by atoms with Gasteiger partial charge in [-0.1, -0.05) is 19.1 Å². The van der Waals surface area contributed by atoms with Crippen molar-refractivity contribution in [2.45, 2.75) is 50.0 Å². The van der Waals surface area contributed by atoms with Gasteiger partial charge in [0.25, 0.3) is 0 Å². The van der Waals surface area contributed by atoms with Crippen LogP contribution in [-0.4, -0.2) is 63.5 Å². The highest BCUT2D eigenvalue weighted by molar-refractivity contribution is 7.98. The van der Waals surface area contributed by atoms with E-state index >= 15 is 0 Å². The molecule has 0 saturated carbocycles. The average molecular weight is 460 g/mol. The van der Waals surface area contributed by atoms with Crippen LogP contribution in [0.3, 0.4) is 0 Å². The number of amides is 1. The molecule has 1 aromatic carbocycles. The maximum absolute atomic E-state index is 13.9. The zero-order chi connectivity index (χ0) is 22.0. The molecule has 2 rings (SSSR count). The van der Waals surface area contributed by atoms with Crippen molar-refractivity contribution in [2.24, 2.45) is 5.92 Å². The standard InChI is InChI=1S/C21H34FN3O3S2/c1-17-9-14-25(15-10-17)13-6-5-12-23-21(26)19(11-16-29-2)24-30(27,28)20-8-4-3-7-18(20)22/h3-4,7-8,17,19,24H,5-6,9-16H2,1-2H3,(H,23,26). The molecule has 1 aliphatic rings. The Balaban J connectivity index is 1.82. The Morgan fingerprint density at radius 2 is 1.97 bits per heavy atom. The van der Waals surface area contributed by atoms with Crippen molar-refractivity contribution in [2.75, 3.05) is 38.2 Å². The normalized spacial score (nSPS) is 17.0. The number of hydrogen-bond donors (Lipinski definition) is 2. The van der Waals surface area contributed by atoms with Crippen LogP contribution in [0.2, 0.25) is 0 Å². The zero-order valence-electron chi connectivity index (χ0n) is 17.9. The first-order valence-electron chi connectivity index (χ1n) is 10.6. The second kappa shape index (κ2) is 12.6. The van der Waals surface area contributed by atoms with Gasteiger partial charge in [0.2, 0.25) is 15.9 Å². The Morgan fingerprint density at radius 1 is 1.27 bits per heavy atom. The summed E-state index contributed by atoms with van der Waals surface area (Å²) in [5.41, 5.74) is 0. The second-order valence-electron chi connectivity index (χ2n) is 7.91. The van der Waals surface area contributed by atoms with E-state index in [1.54, 1.807) is 0 Å². The zero-order valence-corrected chi connectivity index (χ0v) is 19.5. The molecule has 0 radical (unpaired) electrons. The topological polar surface area (TPSA) is 78.5 Å². The molecule has 30 heavy (non-hydrogen) atoms. The first kappa shape index (κ1) is 25.1. The van der Waals surface area contributed by atoms with Crippen LogP contribution in [0.1, 0.15) is 39.0 Å². The molecule has 1 aliphatic heterocycles. The Labute approximate surface area is 184 Å². The second-order valence-corrected chi connectivity index (χ2v) is 10.6. The number of carbonyl (C=O) groups excluding carboxylic acids is 1. The molecule has 0 bridgehead atoms. The number of halogens is 1. The van der Waals surface area contributed by atoms with E-state index in [-0.39, 0.29) is 5.91 Å². The molecular formula is C21H34FN3O3S2. The van der Waals surface area contributed by atoms with Gasteiger partial charge in [-0.2, -0.15) is 16.5 Å². The molecule has 2 N–H and O–H groups in total. The first-order valence-corrected chi connectivity index (χ1v) is 13.5. The minimum Gasteiger partial charge on any atom is -0.355 e. The van der Waals surface area contributed by atoms with Crippen molar-refractivity contribution in [3.8, 4) is 0 Å². The van der Waals surface area contributed by atoms with Gasteiger partial charge in [0.05, 0.1) is 0 Å². The number of piperidine rings is 1. The lowest BCUT2D eigenvalue weighted by Crippen LogP contribution is -2.47. The lowest BCUT2D eigenvalue weighted by Gasteiger charge is -2.30. The molecule has 0 aromatic heterocycles. The van der Waals surface area contributed by atoms with Gasteiger partial charge in [-0.15, -0.1) is 0 Å². The van der Waals surface area contributed by atoms with Crippen molar-refractivity contribution < 1.29 is 17.6 Å². The number of sulfonamides is 1. The van der Waals surface area contributed by atoms with Crippen LogP contribution in [0, 0.1) is 11.7 Å². The van der Waals surface area contributed by atoms with Crippen molar-refractivity contribution in [3.63, 3.8) is 0 Å². The molecule has 1 atom stereocenters. The van der Waals surface area contributed by atoms with Crippen LogP contribution in [0.4, 0.5) is 4.39 Å². The summed E-state index contributed by atoms with van der Waals surface area (Å²) in [5, 5.41) is 2.84. The minimum atomic E-state index is -4.12. The van der Waals surface area contributed by atoms with E-state index in [2.05, 4.69) is 21.9 Å². The third kappa shape index (κ3) is 8.17. The van der Waals surface area contributed by atoms with E-state index in [0.717, 1.165) is 44.5 Å². The molecule has 1 saturated heterocycles. The number of benzene rings is 1. The van der Waals surface area contributed by atoms with E-state index in [1.165, 1.54) is 42.8 Å². The van der Waals surface area contributed by atoms with Gasteiger partial charge in [-0.05, 0) is 81.8 Å². The smallest absolute Gasteiger partial charge is 0.244 e. The summed E-state index contributed by atoms with van der Waals surface area (Å²) in [6.07, 6.45) is 6.55. The summed E-state index contributed by atoms with van der Waals surface area (Å²) < 4.78 is 41.4. The number of hydrogen-bond acceptors (Lipinski definition) is 5. The van der Waals surface area contributed by atoms with Crippen LogP contribution in [-0.2, 0) is 14.8 Å². The number of rotatable bonds is 12. The van der Waals surface area contributed by atoms with E-state index in [4.69, 9.17) is 0 Å². The maximum Gasteiger partial charge on any atom is 0.244 e. The van der Waals surface area contributed by atoms with Gasteiger partial charge in [0.1, 0.15) is 16.8 Å². The van der Waals surface area contributed by atoms with Gasteiger partial charge < -0.3 is 10.2 Å². The summed E-state index contributed by atoms with van der Waals surface area (Å²) in [7, 11) is -4.12. The lowest BCUT2D eigenvalue weighted by molar-refractivity contribution is -0.122. The summed E-state index contributed by atoms with van der Waals surface area (Å²) >= 11 is 1.53. The Morgan fingerprint density at radius 3 is 2.63 bits per heavy atom. The maximum atomic E-state index is 13.9. The van der Waals surface area contributed by atoms with Crippen molar-refractivity contribution in [1.82, 2.24) is 14.9 Å². The summed E-state index contributed by atoms with van der Waals surface area (Å²) in [4.78, 5) is 14.6. The molecule has 9 heteroatoms. The predicted octanol–water partition coefficient (Wildman–Crippen LogP) is 2.85. The third-order valence-electron chi connectivity index (χ3n) is 5.43. The molecular weight excluding hydrogens is 425 g/mol. The quantitative estimate of drug-likeness (QED) is 0.470. The number of carbonyl (C=O) groups is 1. The first-order chi connectivity index (χ1) is 14.3. The summed E-state index contributed by atoms with van der Waals surface area (Å²) in [6.45, 7) is 6.10. The van der Waals surface area contributed by atoms with Crippen LogP contribution < -0.4 is 10.0 Å². The highest BCUT2D eigenvalue weighted by Crippen LogP contribution is 2.16. The molecule has 0 aliphatic carbocycles. The average Bonchev–Trinajstić information content (AvgIpc) is 2.72. The van der Waals surface area contributed by atoms with E-state index < -0.39 is 26.8 Å². The largest absolute Gasteiger partial charge is 0.355 e. The molecule has 6 nitrogen and oxygen atoms in total. The number of unbranched alkanes of at least 4 members (excludes halogenated alkanes) is 1. The van der Waals surface area contributed by atoms with Crippen LogP contribution in [0.15, 0.2) is 29.2 Å². The van der Waals surface area contributed by atoms with E-state index in [0.29, 0.717) is 18.7 Å². The van der Waals surface area contributed by atoms with Gasteiger partial charge in [0.15, 0.2) is 0 Å². The Kier molecular flexibility index (Phi) is 10.6. The highest BCUT2D eigenvalue weighted by atomic mass is 32.2. The minimum absolute atomic E-state index is 0.340. The number of thioether (sulfide) groups is 1. The van der Waals surface area contributed by atoms with Crippen LogP contribution >= 0.6 is 11.8 Å². The van der Waals surface area contributed by atoms with Gasteiger partial charge in [-0.3, -0.25) is 4.79 Å². The van der Waals surface area contributed by atoms with Gasteiger partial charge in [0, 0.05) is 6.54 Å². The lowest BCUT2D eigenvalue weighted by atomic mass is 9.99. The Hall–Kier alpha value is -1.16. The number of likely N-dealkylation sites (tertiary alicyclic amines) is 1. The molecule has 1 fully saturated rings. The van der Waals surface area contributed by atoms with Crippen LogP contribution in [0.25, 0.3) is 0 Å². The fourth-order valence-electron chi connectivity index (χ4n) is 3.47. The molecule has 170 valence electrons. The molecule has 1 aromatic rings. The van der Waals surface area contributed by atoms with E-state index in [9.17, 15) is 17.6 Å². The SMILES string of the molecule is CSCCC(NS(=O)(=O)c1ccccc1F)C(=O)NCCCCN1CCC(C)CC1. The van der Waals surface area contributed by atoms with E-state index in [1.807, 2.05) is 6.26 Å². The summed E-state index contributed by atoms with van der Waals surface area (Å²) in [5.74, 6) is 0.231. The molecule has 1 unspecified atom stereocenters.